The molecule has 5 heteroatoms. The van der Waals surface area contributed by atoms with Gasteiger partial charge in [-0.25, -0.2) is 9.86 Å². The molecule has 5 nitrogen and oxygen atoms in total. The number of aromatic hydroxyl groups is 1. The number of hydroxylamine groups is 2. The highest BCUT2D eigenvalue weighted by Gasteiger charge is 2.04. The normalized spacial score (nSPS) is 9.38. The molecule has 0 unspecified atom stereocenters. The summed E-state index contributed by atoms with van der Waals surface area (Å²) in [7, 11) is 1.22. The topological polar surface area (TPSA) is 72.8 Å². The van der Waals surface area contributed by atoms with Crippen LogP contribution in [0.5, 0.6) is 5.75 Å². The van der Waals surface area contributed by atoms with Gasteiger partial charge in [0.25, 0.3) is 0 Å². The molecule has 13 heavy (non-hydrogen) atoms. The number of urea groups is 1. The van der Waals surface area contributed by atoms with Gasteiger partial charge in [0, 0.05) is 12.7 Å². The molecule has 2 amide bonds. The van der Waals surface area contributed by atoms with E-state index in [4.69, 9.17) is 10.3 Å². The molecular weight excluding hydrogens is 172 g/mol. The molecule has 0 saturated carbocycles. The van der Waals surface area contributed by atoms with Gasteiger partial charge in [-0.2, -0.15) is 0 Å². The van der Waals surface area contributed by atoms with Gasteiger partial charge in [-0.3, -0.25) is 5.21 Å². The smallest absolute Gasteiger partial charge is 0.345 e. The SMILES string of the molecule is CN(O)C(=O)Nc1ccc(O)cc1. The van der Waals surface area contributed by atoms with Crippen LogP contribution in [0.1, 0.15) is 0 Å². The maximum absolute atomic E-state index is 10.9. The Labute approximate surface area is 75.2 Å². The zero-order chi connectivity index (χ0) is 9.84. The van der Waals surface area contributed by atoms with Gasteiger partial charge < -0.3 is 10.4 Å². The fourth-order valence-corrected chi connectivity index (χ4v) is 0.749. The van der Waals surface area contributed by atoms with Gasteiger partial charge in [0.05, 0.1) is 0 Å². The zero-order valence-corrected chi connectivity index (χ0v) is 7.06. The van der Waals surface area contributed by atoms with Gasteiger partial charge in [0.1, 0.15) is 5.75 Å². The number of carbonyl (C=O) groups excluding carboxylic acids is 1. The molecule has 1 rings (SSSR count). The molecule has 0 bridgehead atoms. The van der Waals surface area contributed by atoms with Crippen LogP contribution in [0.2, 0.25) is 0 Å². The van der Waals surface area contributed by atoms with Crippen LogP contribution >= 0.6 is 0 Å². The summed E-state index contributed by atoms with van der Waals surface area (Å²) in [5.74, 6) is 0.121. The van der Waals surface area contributed by atoms with Crippen molar-refractivity contribution in [2.45, 2.75) is 0 Å². The third kappa shape index (κ3) is 2.64. The molecule has 0 aliphatic carbocycles. The Hall–Kier alpha value is -1.75. The van der Waals surface area contributed by atoms with Crippen molar-refractivity contribution in [2.75, 3.05) is 12.4 Å². The average Bonchev–Trinajstić information content (AvgIpc) is 2.08. The first-order valence-corrected chi connectivity index (χ1v) is 3.62. The molecule has 0 aliphatic rings. The van der Waals surface area contributed by atoms with Crippen molar-refractivity contribution >= 4 is 11.7 Å². The molecule has 0 atom stereocenters. The van der Waals surface area contributed by atoms with Crippen molar-refractivity contribution in [3.8, 4) is 5.75 Å². The Morgan fingerprint density at radius 1 is 1.38 bits per heavy atom. The summed E-state index contributed by atoms with van der Waals surface area (Å²) in [5, 5.41) is 20.5. The van der Waals surface area contributed by atoms with Gasteiger partial charge in [0.2, 0.25) is 0 Å². The van der Waals surface area contributed by atoms with Crippen molar-refractivity contribution in [3.63, 3.8) is 0 Å². The van der Waals surface area contributed by atoms with E-state index in [0.29, 0.717) is 10.8 Å². The lowest BCUT2D eigenvalue weighted by Crippen LogP contribution is -2.27. The van der Waals surface area contributed by atoms with Crippen LogP contribution in [0, 0.1) is 0 Å². The standard InChI is InChI=1S/C8H10N2O3/c1-10(13)8(12)9-6-2-4-7(11)5-3-6/h2-5,11,13H,1H3,(H,9,12). The van der Waals surface area contributed by atoms with E-state index in [9.17, 15) is 4.79 Å². The number of hydrogen-bond acceptors (Lipinski definition) is 3. The lowest BCUT2D eigenvalue weighted by Gasteiger charge is -2.09. The molecule has 0 fully saturated rings. The van der Waals surface area contributed by atoms with Crippen molar-refractivity contribution in [3.05, 3.63) is 24.3 Å². The summed E-state index contributed by atoms with van der Waals surface area (Å²) in [4.78, 5) is 10.9. The van der Waals surface area contributed by atoms with Crippen LogP contribution in [-0.2, 0) is 0 Å². The number of amides is 2. The van der Waals surface area contributed by atoms with E-state index in [2.05, 4.69) is 5.32 Å². The monoisotopic (exact) mass is 182 g/mol. The average molecular weight is 182 g/mol. The van der Waals surface area contributed by atoms with E-state index in [1.165, 1.54) is 31.3 Å². The first kappa shape index (κ1) is 9.34. The zero-order valence-electron chi connectivity index (χ0n) is 7.06. The number of nitrogens with zero attached hydrogens (tertiary/aromatic N) is 1. The molecule has 70 valence electrons. The van der Waals surface area contributed by atoms with E-state index in [1.54, 1.807) is 0 Å². The summed E-state index contributed by atoms with van der Waals surface area (Å²) in [6.45, 7) is 0. The molecule has 0 aliphatic heterocycles. The number of rotatable bonds is 1. The Morgan fingerprint density at radius 3 is 2.38 bits per heavy atom. The Balaban J connectivity index is 2.65. The lowest BCUT2D eigenvalue weighted by atomic mass is 10.3. The quantitative estimate of drug-likeness (QED) is 0.347. The van der Waals surface area contributed by atoms with Crippen LogP contribution in [0.25, 0.3) is 0 Å². The minimum absolute atomic E-state index is 0.121. The minimum Gasteiger partial charge on any atom is -0.508 e. The third-order valence-corrected chi connectivity index (χ3v) is 1.41. The van der Waals surface area contributed by atoms with E-state index in [-0.39, 0.29) is 5.75 Å². The highest BCUT2D eigenvalue weighted by atomic mass is 16.5. The number of phenols is 1. The van der Waals surface area contributed by atoms with Crippen molar-refractivity contribution < 1.29 is 15.1 Å². The van der Waals surface area contributed by atoms with Crippen molar-refractivity contribution in [1.29, 1.82) is 0 Å². The molecule has 1 aromatic rings. The fraction of sp³-hybridized carbons (Fsp3) is 0.125. The molecule has 3 N–H and O–H groups in total. The van der Waals surface area contributed by atoms with Gasteiger partial charge in [-0.05, 0) is 24.3 Å². The highest BCUT2D eigenvalue weighted by Crippen LogP contribution is 2.13. The van der Waals surface area contributed by atoms with E-state index >= 15 is 0 Å². The first-order chi connectivity index (χ1) is 6.09. The highest BCUT2D eigenvalue weighted by molar-refractivity contribution is 5.88. The largest absolute Gasteiger partial charge is 0.508 e. The van der Waals surface area contributed by atoms with Crippen LogP contribution in [0.3, 0.4) is 0 Å². The summed E-state index contributed by atoms with van der Waals surface area (Å²) < 4.78 is 0. The molecular formula is C8H10N2O3. The molecule has 1 aromatic carbocycles. The van der Waals surface area contributed by atoms with Gasteiger partial charge in [0.15, 0.2) is 0 Å². The third-order valence-electron chi connectivity index (χ3n) is 1.41. The van der Waals surface area contributed by atoms with Crippen LogP contribution in [0.15, 0.2) is 24.3 Å². The lowest BCUT2D eigenvalue weighted by molar-refractivity contribution is -0.0118. The Bertz CT molecular complexity index is 295. The van der Waals surface area contributed by atoms with Crippen LogP contribution in [0.4, 0.5) is 10.5 Å². The van der Waals surface area contributed by atoms with Crippen molar-refractivity contribution in [1.82, 2.24) is 5.06 Å². The summed E-state index contributed by atoms with van der Waals surface area (Å²) in [6.07, 6.45) is 0. The summed E-state index contributed by atoms with van der Waals surface area (Å²) in [6, 6.07) is 5.29. The predicted molar refractivity (Wildman–Crippen MR) is 46.7 cm³/mol. The maximum Gasteiger partial charge on any atom is 0.345 e. The van der Waals surface area contributed by atoms with Gasteiger partial charge >= 0.3 is 6.03 Å². The Kier molecular flexibility index (Phi) is 2.71. The minimum atomic E-state index is -0.634. The number of carbonyl (C=O) groups is 1. The fourth-order valence-electron chi connectivity index (χ4n) is 0.749. The number of phenolic OH excluding ortho intramolecular Hbond substituents is 1. The second-order valence-electron chi connectivity index (χ2n) is 2.50. The number of hydrogen-bond donors (Lipinski definition) is 3. The Morgan fingerprint density at radius 2 is 1.92 bits per heavy atom. The number of benzene rings is 1. The summed E-state index contributed by atoms with van der Waals surface area (Å²) in [5.41, 5.74) is 0.503. The van der Waals surface area contributed by atoms with Gasteiger partial charge in [-0.1, -0.05) is 0 Å². The molecule has 0 saturated heterocycles. The second kappa shape index (κ2) is 3.77. The first-order valence-electron chi connectivity index (χ1n) is 3.62. The second-order valence-corrected chi connectivity index (χ2v) is 2.50. The van der Waals surface area contributed by atoms with E-state index in [1.807, 2.05) is 0 Å². The number of anilines is 1. The van der Waals surface area contributed by atoms with Crippen LogP contribution < -0.4 is 5.32 Å². The molecule has 0 heterocycles. The predicted octanol–water partition coefficient (Wildman–Crippen LogP) is 1.25. The van der Waals surface area contributed by atoms with Crippen molar-refractivity contribution in [2.24, 2.45) is 0 Å². The molecule has 0 radical (unpaired) electrons. The van der Waals surface area contributed by atoms with E-state index in [0.717, 1.165) is 0 Å². The molecule has 0 aromatic heterocycles. The summed E-state index contributed by atoms with van der Waals surface area (Å²) >= 11 is 0. The number of nitrogens with one attached hydrogen (secondary N) is 1. The van der Waals surface area contributed by atoms with E-state index < -0.39 is 6.03 Å². The molecule has 0 spiro atoms. The van der Waals surface area contributed by atoms with Crippen LogP contribution in [-0.4, -0.2) is 28.5 Å². The van der Waals surface area contributed by atoms with Gasteiger partial charge in [-0.15, -0.1) is 0 Å². The maximum atomic E-state index is 10.9.